The molecule has 1 unspecified atom stereocenters. The van der Waals surface area contributed by atoms with Crippen molar-refractivity contribution in [2.24, 2.45) is 5.92 Å². The molecule has 1 aromatic rings. The van der Waals surface area contributed by atoms with Gasteiger partial charge in [0.1, 0.15) is 7.23 Å². The monoisotopic (exact) mass is 282 g/mol. The highest BCUT2D eigenvalue weighted by molar-refractivity contribution is 5.36. The summed E-state index contributed by atoms with van der Waals surface area (Å²) in [6.07, 6.45) is -8.03. The topological polar surface area (TPSA) is 37.0 Å². The van der Waals surface area contributed by atoms with Crippen molar-refractivity contribution < 1.29 is 25.6 Å². The van der Waals surface area contributed by atoms with Crippen LogP contribution in [0.2, 0.25) is 2.82 Å². The van der Waals surface area contributed by atoms with Crippen molar-refractivity contribution in [2.75, 3.05) is 18.4 Å². The van der Waals surface area contributed by atoms with E-state index < -0.39 is 54.7 Å². The largest absolute Gasteiger partial charge is 0.417 e. The molecule has 0 aromatic carbocycles. The highest BCUT2D eigenvalue weighted by Crippen LogP contribution is 2.28. The van der Waals surface area contributed by atoms with E-state index in [9.17, 15) is 13.2 Å². The highest BCUT2D eigenvalue weighted by atomic mass is 19.4. The summed E-state index contributed by atoms with van der Waals surface area (Å²) in [7, 11) is 0. The fourth-order valence-corrected chi connectivity index (χ4v) is 1.37. The van der Waals surface area contributed by atoms with Gasteiger partial charge in [-0.3, -0.25) is 0 Å². The number of hydrogen-bond donors (Lipinski definition) is 2. The maximum atomic E-state index is 13.0. The molecule has 2 N–H and O–H groups in total. The lowest BCUT2D eigenvalue weighted by molar-refractivity contribution is -0.137. The van der Waals surface area contributed by atoms with E-state index in [1.165, 1.54) is 0 Å². The molecule has 0 bridgehead atoms. The van der Waals surface area contributed by atoms with Crippen molar-refractivity contribution in [1.29, 1.82) is 0 Å². The first-order valence-electron chi connectivity index (χ1n) is 10.1. The van der Waals surface area contributed by atoms with Crippen molar-refractivity contribution in [3.63, 3.8) is 0 Å². The van der Waals surface area contributed by atoms with Crippen LogP contribution in [0.1, 0.15) is 34.9 Å². The average Bonchev–Trinajstić information content (AvgIpc) is 2.53. The number of halogens is 3. The Kier molecular flexibility index (Phi) is 1.96. The number of nitrogens with one attached hydrogen (secondary N) is 2. The lowest BCUT2D eigenvalue weighted by Crippen LogP contribution is -2.42. The molecule has 19 heavy (non-hydrogen) atoms. The summed E-state index contributed by atoms with van der Waals surface area (Å²) in [4.78, 5) is 3.17. The zero-order valence-electron chi connectivity index (χ0n) is 19.0. The van der Waals surface area contributed by atoms with Gasteiger partial charge in [0.15, 0.2) is 1.41 Å². The molecule has 2 rings (SSSR count). The molecular weight excluding hydrogens is 255 g/mol. The van der Waals surface area contributed by atoms with Crippen LogP contribution in [-0.4, -0.2) is 24.0 Å². The smallest absolute Gasteiger partial charge is 0.369 e. The van der Waals surface area contributed by atoms with Crippen LogP contribution in [0.15, 0.2) is 18.3 Å². The molecule has 1 aromatic heterocycles. The second kappa shape index (κ2) is 5.77. The van der Waals surface area contributed by atoms with E-state index in [1.807, 2.05) is 0 Å². The Morgan fingerprint density at radius 1 is 1.79 bits per heavy atom. The fourth-order valence-electron chi connectivity index (χ4n) is 1.37. The third-order valence-electron chi connectivity index (χ3n) is 2.42. The van der Waals surface area contributed by atoms with Crippen molar-refractivity contribution >= 4 is 5.82 Å². The fraction of sp³-hybridized carbons (Fsp3) is 0.615. The minimum atomic E-state index is -5.14. The maximum absolute atomic E-state index is 13.0. The van der Waals surface area contributed by atoms with E-state index in [0.717, 1.165) is 0 Å². The minimum Gasteiger partial charge on any atom is -0.369 e. The Labute approximate surface area is 123 Å². The number of aromatic nitrogens is 1. The summed E-state index contributed by atoms with van der Waals surface area (Å²) in [6.45, 7) is -1.54. The molecule has 2 heterocycles. The molecule has 0 radical (unpaired) electrons. The van der Waals surface area contributed by atoms with Gasteiger partial charge in [-0.2, -0.15) is 13.2 Å². The van der Waals surface area contributed by atoms with Crippen LogP contribution in [-0.2, 0) is 6.18 Å². The normalized spacial score (nSPS) is 40.5. The maximum Gasteiger partial charge on any atom is 0.417 e. The van der Waals surface area contributed by atoms with Crippen LogP contribution >= 0.6 is 0 Å². The van der Waals surface area contributed by atoms with Gasteiger partial charge in [0.25, 0.3) is 0 Å². The predicted octanol–water partition coefficient (Wildman–Crippen LogP) is 2.90. The number of pyridine rings is 1. The highest BCUT2D eigenvalue weighted by Gasteiger charge is 2.30. The second-order valence-electron chi connectivity index (χ2n) is 4.16. The first-order valence-corrected chi connectivity index (χ1v) is 5.59. The molecule has 1 aliphatic rings. The van der Waals surface area contributed by atoms with Crippen molar-refractivity contribution in [3.05, 3.63) is 23.8 Å². The first kappa shape index (κ1) is 6.43. The van der Waals surface area contributed by atoms with Gasteiger partial charge >= 0.3 is 6.18 Å². The van der Waals surface area contributed by atoms with Crippen molar-refractivity contribution in [1.82, 2.24) is 10.3 Å². The molecule has 0 aliphatic carbocycles. The lowest BCUT2D eigenvalue weighted by atomic mass is 9.96. The molecule has 0 amide bonds. The number of rotatable bonds is 3. The summed E-state index contributed by atoms with van der Waals surface area (Å²) >= 11 is 0. The first-order chi connectivity index (χ1) is 12.6. The summed E-state index contributed by atoms with van der Waals surface area (Å²) in [6, 6.07) is -5.31. The quantitative estimate of drug-likeness (QED) is 0.895. The molecule has 1 aliphatic heterocycles. The Morgan fingerprint density at radius 3 is 3.26 bits per heavy atom. The standard InChI is InChI=1S/C13H18F3N3/c1-9-2-4-11(17-6-9)8-19-12-5-3-10(7-18-12)13(14,15)16/h3,5,7,9,11,17H,2,4,6,8H2,1H3,(H,18,19)/t9-,11-/m0/s1/i3D,4D,5D,7D,8D2,11D/hD2/t4?,9-,11-. The van der Waals surface area contributed by atoms with Gasteiger partial charge in [-0.05, 0) is 37.4 Å². The van der Waals surface area contributed by atoms with E-state index in [0.29, 0.717) is 5.31 Å². The molecule has 0 spiro atoms. The molecular formula is C13H18F3N3. The Hall–Kier alpha value is -1.30. The van der Waals surface area contributed by atoms with Crippen LogP contribution < -0.4 is 10.6 Å². The summed E-state index contributed by atoms with van der Waals surface area (Å²) in [5, 5.41) is 0.314. The molecule has 3 atom stereocenters. The van der Waals surface area contributed by atoms with Crippen LogP contribution in [0, 0.1) is 5.92 Å². The molecule has 106 valence electrons. The molecule has 3 nitrogen and oxygen atoms in total. The predicted molar refractivity (Wildman–Crippen MR) is 67.9 cm³/mol. The van der Waals surface area contributed by atoms with E-state index in [-0.39, 0.29) is 24.2 Å². The molecule has 6 heteroatoms. The minimum absolute atomic E-state index is 0.0494. The summed E-state index contributed by atoms with van der Waals surface area (Å²) < 4.78 is 110. The average molecular weight is 282 g/mol. The van der Waals surface area contributed by atoms with E-state index in [4.69, 9.17) is 12.4 Å². The van der Waals surface area contributed by atoms with Crippen LogP contribution in [0.5, 0.6) is 0 Å². The van der Waals surface area contributed by atoms with E-state index in [1.54, 1.807) is 6.92 Å². The van der Waals surface area contributed by atoms with Crippen LogP contribution in [0.25, 0.3) is 0 Å². The van der Waals surface area contributed by atoms with Crippen LogP contribution in [0.4, 0.5) is 19.0 Å². The zero-order valence-corrected chi connectivity index (χ0v) is 10.0. The molecule has 1 fully saturated rings. The molecule has 0 saturated carbocycles. The Morgan fingerprint density at radius 2 is 2.58 bits per heavy atom. The number of anilines is 1. The summed E-state index contributed by atoms with van der Waals surface area (Å²) in [5.41, 5.74) is -1.79. The third-order valence-corrected chi connectivity index (χ3v) is 2.42. The van der Waals surface area contributed by atoms with Gasteiger partial charge in [-0.25, -0.2) is 4.98 Å². The molecule has 1 saturated heterocycles. The van der Waals surface area contributed by atoms with Gasteiger partial charge in [0, 0.05) is 21.4 Å². The Balaban J connectivity index is 2.57. The number of alkyl halides is 3. The van der Waals surface area contributed by atoms with Gasteiger partial charge in [-0.15, -0.1) is 0 Å². The van der Waals surface area contributed by atoms with Gasteiger partial charge in [-0.1, -0.05) is 6.92 Å². The zero-order chi connectivity index (χ0) is 21.8. The lowest BCUT2D eigenvalue weighted by Gasteiger charge is -2.28. The van der Waals surface area contributed by atoms with Gasteiger partial charge < -0.3 is 10.6 Å². The number of piperidine rings is 1. The second-order valence-corrected chi connectivity index (χ2v) is 4.16. The van der Waals surface area contributed by atoms with E-state index in [2.05, 4.69) is 4.98 Å². The van der Waals surface area contributed by atoms with Gasteiger partial charge in [0.05, 0.1) is 12.4 Å². The third kappa shape index (κ3) is 4.09. The van der Waals surface area contributed by atoms with E-state index >= 15 is 0 Å². The number of nitrogens with zero attached hydrogens (tertiary/aromatic N) is 1. The summed E-state index contributed by atoms with van der Waals surface area (Å²) in [5.74, 6) is -1.26. The number of hydrogen-bond acceptors (Lipinski definition) is 3. The van der Waals surface area contributed by atoms with Gasteiger partial charge in [0.2, 0.25) is 0 Å². The van der Waals surface area contributed by atoms with Crippen LogP contribution in [0.3, 0.4) is 0 Å². The Bertz CT molecular complexity index is 749. The van der Waals surface area contributed by atoms with Crippen molar-refractivity contribution in [2.45, 2.75) is 31.9 Å². The van der Waals surface area contributed by atoms with Crippen molar-refractivity contribution in [3.8, 4) is 0 Å². The SMILES string of the molecule is [2H]c1nc(N([2H])C([2H])([2H])[C@]2([2H])C([2H])C[C@H](C)CN2[2H])c([2H])c([2H])c1C(F)(F)F.